The Bertz CT molecular complexity index is 576. The van der Waals surface area contributed by atoms with Gasteiger partial charge in [0.25, 0.3) is 0 Å². The Hall–Kier alpha value is -2.12. The number of methoxy groups -OCH3 is 1. The number of imidazole rings is 1. The number of nitrogens with one attached hydrogen (secondary N) is 1. The topological polar surface area (TPSA) is 67.9 Å². The molecule has 0 fully saturated rings. The first-order chi connectivity index (χ1) is 7.91. The van der Waals surface area contributed by atoms with E-state index in [4.69, 9.17) is 0 Å². The zero-order valence-corrected chi connectivity index (χ0v) is 8.50. The third-order valence-corrected chi connectivity index (χ3v) is 2.03. The van der Waals surface area contributed by atoms with Gasteiger partial charge < -0.3 is 9.72 Å². The zero-order valence-electron chi connectivity index (χ0n) is 8.50. The van der Waals surface area contributed by atoms with Crippen molar-refractivity contribution in [3.8, 4) is 0 Å². The molecule has 2 aromatic rings. The Morgan fingerprint density at radius 1 is 1.47 bits per heavy atom. The lowest BCUT2D eigenvalue weighted by Crippen LogP contribution is -2.06. The maximum atomic E-state index is 12.3. The van der Waals surface area contributed by atoms with Crippen LogP contribution in [0.15, 0.2) is 12.3 Å². The molecule has 17 heavy (non-hydrogen) atoms. The van der Waals surface area contributed by atoms with Gasteiger partial charge in [0.05, 0.1) is 18.2 Å². The van der Waals surface area contributed by atoms with Crippen LogP contribution in [0.2, 0.25) is 0 Å². The van der Waals surface area contributed by atoms with Crippen molar-refractivity contribution in [1.29, 1.82) is 0 Å². The van der Waals surface area contributed by atoms with Crippen molar-refractivity contribution in [2.45, 2.75) is 6.18 Å². The molecule has 2 aromatic heterocycles. The predicted octanol–water partition coefficient (Wildman–Crippen LogP) is 1.76. The Morgan fingerprint density at radius 3 is 2.76 bits per heavy atom. The Morgan fingerprint density at radius 2 is 2.18 bits per heavy atom. The standard InChI is InChI=1S/C9H6F3N3O2/c1-17-7(16)4-2-5-6(13-3-4)15-8(14-5)9(10,11)12/h2-3H,1H3,(H,13,14,15). The molecule has 0 atom stereocenters. The van der Waals surface area contributed by atoms with E-state index in [0.29, 0.717) is 0 Å². The molecular formula is C9H6F3N3O2. The van der Waals surface area contributed by atoms with E-state index >= 15 is 0 Å². The van der Waals surface area contributed by atoms with Gasteiger partial charge in [0, 0.05) is 6.20 Å². The van der Waals surface area contributed by atoms with Crippen molar-refractivity contribution in [3.63, 3.8) is 0 Å². The average Bonchev–Trinajstić information content (AvgIpc) is 2.70. The van der Waals surface area contributed by atoms with Crippen LogP contribution in [0.5, 0.6) is 0 Å². The van der Waals surface area contributed by atoms with E-state index in [1.54, 1.807) is 0 Å². The van der Waals surface area contributed by atoms with E-state index in [1.807, 2.05) is 4.98 Å². The fourth-order valence-electron chi connectivity index (χ4n) is 1.26. The molecule has 0 unspecified atom stereocenters. The van der Waals surface area contributed by atoms with E-state index in [1.165, 1.54) is 13.2 Å². The van der Waals surface area contributed by atoms with Crippen LogP contribution >= 0.6 is 0 Å². The van der Waals surface area contributed by atoms with Crippen molar-refractivity contribution < 1.29 is 22.7 Å². The van der Waals surface area contributed by atoms with E-state index in [0.717, 1.165) is 6.20 Å². The monoisotopic (exact) mass is 245 g/mol. The predicted molar refractivity (Wildman–Crippen MR) is 50.2 cm³/mol. The quantitative estimate of drug-likeness (QED) is 0.777. The number of nitrogens with zero attached hydrogens (tertiary/aromatic N) is 2. The lowest BCUT2D eigenvalue weighted by molar-refractivity contribution is -0.144. The third kappa shape index (κ3) is 2.05. The second kappa shape index (κ2) is 3.72. The number of pyridine rings is 1. The summed E-state index contributed by atoms with van der Waals surface area (Å²) in [6, 6.07) is 1.20. The lowest BCUT2D eigenvalue weighted by atomic mass is 10.3. The molecule has 90 valence electrons. The number of hydrogen-bond acceptors (Lipinski definition) is 4. The fourth-order valence-corrected chi connectivity index (χ4v) is 1.26. The number of ether oxygens (including phenoxy) is 1. The summed E-state index contributed by atoms with van der Waals surface area (Å²) in [5, 5.41) is 0. The second-order valence-corrected chi connectivity index (χ2v) is 3.17. The molecule has 0 saturated heterocycles. The molecule has 5 nitrogen and oxygen atoms in total. The van der Waals surface area contributed by atoms with Crippen LogP contribution in [0.3, 0.4) is 0 Å². The molecular weight excluding hydrogens is 239 g/mol. The number of halogens is 3. The van der Waals surface area contributed by atoms with E-state index in [2.05, 4.69) is 14.7 Å². The largest absolute Gasteiger partial charge is 0.465 e. The number of carbonyl (C=O) groups is 1. The first-order valence-corrected chi connectivity index (χ1v) is 4.43. The van der Waals surface area contributed by atoms with Crippen molar-refractivity contribution in [1.82, 2.24) is 15.0 Å². The Labute approximate surface area is 92.6 Å². The fraction of sp³-hybridized carbons (Fsp3) is 0.222. The summed E-state index contributed by atoms with van der Waals surface area (Å²) >= 11 is 0. The van der Waals surface area contributed by atoms with Crippen LogP contribution in [0.1, 0.15) is 16.2 Å². The lowest BCUT2D eigenvalue weighted by Gasteiger charge is -1.98. The molecule has 1 N–H and O–H groups in total. The SMILES string of the molecule is COC(=O)c1cnc2nc(C(F)(F)F)[nH]c2c1. The van der Waals surface area contributed by atoms with Crippen LogP contribution in [0.4, 0.5) is 13.2 Å². The van der Waals surface area contributed by atoms with Crippen LogP contribution in [-0.4, -0.2) is 28.0 Å². The minimum absolute atomic E-state index is 0.0280. The summed E-state index contributed by atoms with van der Waals surface area (Å²) in [7, 11) is 1.17. The number of hydrogen-bond donors (Lipinski definition) is 1. The molecule has 0 radical (unpaired) electrons. The number of fused-ring (bicyclic) bond motifs is 1. The minimum Gasteiger partial charge on any atom is -0.465 e. The summed E-state index contributed by atoms with van der Waals surface area (Å²) in [6.07, 6.45) is -3.47. The third-order valence-electron chi connectivity index (χ3n) is 2.03. The highest BCUT2D eigenvalue weighted by atomic mass is 19.4. The molecule has 0 aliphatic carbocycles. The van der Waals surface area contributed by atoms with Gasteiger partial charge in [-0.15, -0.1) is 0 Å². The number of esters is 1. The van der Waals surface area contributed by atoms with Gasteiger partial charge in [-0.25, -0.2) is 14.8 Å². The number of carbonyl (C=O) groups excluding carboxylic acids is 1. The molecule has 2 rings (SSSR count). The highest BCUT2D eigenvalue weighted by Crippen LogP contribution is 2.28. The van der Waals surface area contributed by atoms with Crippen molar-refractivity contribution in [2.75, 3.05) is 7.11 Å². The molecule has 0 spiro atoms. The smallest absolute Gasteiger partial charge is 0.449 e. The summed E-state index contributed by atoms with van der Waals surface area (Å²) in [4.78, 5) is 20.1. The van der Waals surface area contributed by atoms with Gasteiger partial charge in [0.2, 0.25) is 5.82 Å². The Kier molecular flexibility index (Phi) is 2.49. The average molecular weight is 245 g/mol. The summed E-state index contributed by atoms with van der Waals surface area (Å²) in [6.45, 7) is 0. The molecule has 0 aromatic carbocycles. The van der Waals surface area contributed by atoms with Gasteiger partial charge in [0.15, 0.2) is 5.65 Å². The molecule has 8 heteroatoms. The molecule has 0 amide bonds. The molecule has 0 saturated carbocycles. The zero-order chi connectivity index (χ0) is 12.6. The maximum absolute atomic E-state index is 12.3. The summed E-state index contributed by atoms with van der Waals surface area (Å²) in [5.74, 6) is -1.83. The van der Waals surface area contributed by atoms with Crippen LogP contribution in [0, 0.1) is 0 Å². The van der Waals surface area contributed by atoms with E-state index in [-0.39, 0.29) is 16.7 Å². The number of rotatable bonds is 1. The normalized spacial score (nSPS) is 11.8. The highest BCUT2D eigenvalue weighted by Gasteiger charge is 2.35. The van der Waals surface area contributed by atoms with Crippen molar-refractivity contribution in [2.24, 2.45) is 0 Å². The van der Waals surface area contributed by atoms with E-state index < -0.39 is 18.0 Å². The summed E-state index contributed by atoms with van der Waals surface area (Å²) in [5.41, 5.74) is -0.0254. The van der Waals surface area contributed by atoms with Crippen LogP contribution in [-0.2, 0) is 10.9 Å². The van der Waals surface area contributed by atoms with Crippen molar-refractivity contribution >= 4 is 17.1 Å². The number of H-pyrrole nitrogens is 1. The van der Waals surface area contributed by atoms with Gasteiger partial charge in [0.1, 0.15) is 0 Å². The first-order valence-electron chi connectivity index (χ1n) is 4.43. The van der Waals surface area contributed by atoms with Gasteiger partial charge in [-0.05, 0) is 6.07 Å². The Balaban J connectivity index is 2.52. The maximum Gasteiger partial charge on any atom is 0.449 e. The number of aromatic nitrogens is 3. The minimum atomic E-state index is -4.58. The van der Waals surface area contributed by atoms with Gasteiger partial charge >= 0.3 is 12.1 Å². The van der Waals surface area contributed by atoms with Crippen LogP contribution in [0.25, 0.3) is 11.2 Å². The molecule has 0 bridgehead atoms. The molecule has 2 heterocycles. The van der Waals surface area contributed by atoms with Gasteiger partial charge in [-0.3, -0.25) is 0 Å². The van der Waals surface area contributed by atoms with Crippen molar-refractivity contribution in [3.05, 3.63) is 23.7 Å². The summed E-state index contributed by atoms with van der Waals surface area (Å²) < 4.78 is 41.4. The van der Waals surface area contributed by atoms with Gasteiger partial charge in [-0.1, -0.05) is 0 Å². The first kappa shape index (κ1) is 11.4. The van der Waals surface area contributed by atoms with Gasteiger partial charge in [-0.2, -0.15) is 13.2 Å². The highest BCUT2D eigenvalue weighted by molar-refractivity contribution is 5.92. The number of alkyl halides is 3. The van der Waals surface area contributed by atoms with E-state index in [9.17, 15) is 18.0 Å². The van der Waals surface area contributed by atoms with Crippen LogP contribution < -0.4 is 0 Å². The second-order valence-electron chi connectivity index (χ2n) is 3.17. The number of aromatic amines is 1. The molecule has 0 aliphatic rings. The molecule has 0 aliphatic heterocycles.